The summed E-state index contributed by atoms with van der Waals surface area (Å²) in [6.45, 7) is 16.9. The lowest BCUT2D eigenvalue weighted by Gasteiger charge is -2.60. The van der Waals surface area contributed by atoms with Gasteiger partial charge < -0.3 is 14.9 Å². The van der Waals surface area contributed by atoms with Crippen molar-refractivity contribution in [1.82, 2.24) is 0 Å². The number of rotatable bonds is 8. The molecule has 2 N–H and O–H groups in total. The molecule has 0 aliphatic heterocycles. The standard InChI is InChI=1S/C28H46O5/c1-20(23(29)30)18-33-19-21(24(31)32)22(27(25(2,3)4)14-10-8-11-15-27)28(26(5,6)7)16-12-9-13-17-28/h1,8-19H2,2-7H3,(H,29,30)(H,31,32). The van der Waals surface area contributed by atoms with Gasteiger partial charge in [0.05, 0.1) is 24.4 Å². The van der Waals surface area contributed by atoms with Crippen molar-refractivity contribution >= 4 is 11.9 Å². The van der Waals surface area contributed by atoms with Crippen LogP contribution in [0.2, 0.25) is 0 Å². The van der Waals surface area contributed by atoms with E-state index in [2.05, 4.69) is 48.1 Å². The lowest BCUT2D eigenvalue weighted by Crippen LogP contribution is -2.51. The summed E-state index contributed by atoms with van der Waals surface area (Å²) < 4.78 is 5.74. The van der Waals surface area contributed by atoms with Crippen molar-refractivity contribution < 1.29 is 24.5 Å². The molecule has 2 aliphatic carbocycles. The number of hydrogen-bond donors (Lipinski definition) is 2. The van der Waals surface area contributed by atoms with E-state index in [0.717, 1.165) is 56.9 Å². The van der Waals surface area contributed by atoms with Crippen LogP contribution in [0, 0.1) is 21.7 Å². The molecule has 0 aromatic rings. The van der Waals surface area contributed by atoms with Crippen LogP contribution < -0.4 is 0 Å². The van der Waals surface area contributed by atoms with Gasteiger partial charge >= 0.3 is 11.9 Å². The average molecular weight is 463 g/mol. The van der Waals surface area contributed by atoms with Gasteiger partial charge in [-0.15, -0.1) is 0 Å². The van der Waals surface area contributed by atoms with Crippen molar-refractivity contribution in [2.24, 2.45) is 21.7 Å². The number of carbonyl (C=O) groups is 2. The van der Waals surface area contributed by atoms with Crippen molar-refractivity contribution in [3.05, 3.63) is 23.3 Å². The van der Waals surface area contributed by atoms with Crippen LogP contribution in [0.4, 0.5) is 0 Å². The molecule has 188 valence electrons. The summed E-state index contributed by atoms with van der Waals surface area (Å²) in [5, 5.41) is 19.7. The molecule has 2 rings (SSSR count). The second-order valence-electron chi connectivity index (χ2n) is 12.3. The first-order valence-corrected chi connectivity index (χ1v) is 12.7. The molecule has 0 saturated heterocycles. The van der Waals surface area contributed by atoms with Crippen LogP contribution in [-0.2, 0) is 14.3 Å². The van der Waals surface area contributed by atoms with Crippen LogP contribution >= 0.6 is 0 Å². The molecule has 5 nitrogen and oxygen atoms in total. The minimum Gasteiger partial charge on any atom is -0.478 e. The first-order valence-electron chi connectivity index (χ1n) is 12.7. The topological polar surface area (TPSA) is 83.8 Å². The Labute approximate surface area is 200 Å². The molecule has 0 aromatic carbocycles. The van der Waals surface area contributed by atoms with Crippen molar-refractivity contribution in [3.8, 4) is 0 Å². The fourth-order valence-corrected chi connectivity index (χ4v) is 6.68. The van der Waals surface area contributed by atoms with Crippen LogP contribution in [0.5, 0.6) is 0 Å². The zero-order chi connectivity index (χ0) is 25.1. The highest BCUT2D eigenvalue weighted by Crippen LogP contribution is 2.66. The SMILES string of the molecule is C=C(COCC(C(=O)O)=C(C1(C(C)(C)C)CCCCC1)C1(C(C)(C)C)CCCCC1)C(=O)O. The maximum Gasteiger partial charge on any atom is 0.333 e. The maximum atomic E-state index is 12.9. The van der Waals surface area contributed by atoms with Gasteiger partial charge in [0.15, 0.2) is 0 Å². The highest BCUT2D eigenvalue weighted by Gasteiger charge is 2.57. The summed E-state index contributed by atoms with van der Waals surface area (Å²) in [4.78, 5) is 24.1. The van der Waals surface area contributed by atoms with Gasteiger partial charge in [-0.2, -0.15) is 0 Å². The van der Waals surface area contributed by atoms with E-state index < -0.39 is 11.9 Å². The molecule has 33 heavy (non-hydrogen) atoms. The van der Waals surface area contributed by atoms with Gasteiger partial charge in [-0.3, -0.25) is 0 Å². The molecule has 0 radical (unpaired) electrons. The van der Waals surface area contributed by atoms with Crippen LogP contribution in [-0.4, -0.2) is 35.4 Å². The number of allylic oxidation sites excluding steroid dienone is 1. The smallest absolute Gasteiger partial charge is 0.333 e. The van der Waals surface area contributed by atoms with Gasteiger partial charge in [-0.05, 0) is 52.9 Å². The van der Waals surface area contributed by atoms with E-state index >= 15 is 0 Å². The zero-order valence-corrected chi connectivity index (χ0v) is 21.8. The van der Waals surface area contributed by atoms with E-state index in [1.54, 1.807) is 0 Å². The quantitative estimate of drug-likeness (QED) is 0.379. The van der Waals surface area contributed by atoms with Crippen LogP contribution in [0.1, 0.15) is 106 Å². The summed E-state index contributed by atoms with van der Waals surface area (Å²) in [7, 11) is 0. The van der Waals surface area contributed by atoms with Crippen molar-refractivity contribution in [1.29, 1.82) is 0 Å². The summed E-state index contributed by atoms with van der Waals surface area (Å²) in [6.07, 6.45) is 10.7. The van der Waals surface area contributed by atoms with Gasteiger partial charge in [0.2, 0.25) is 0 Å². The fraction of sp³-hybridized carbons (Fsp3) is 0.786. The number of carboxylic acid groups (broad SMARTS) is 2. The van der Waals surface area contributed by atoms with E-state index in [4.69, 9.17) is 9.84 Å². The Balaban J connectivity index is 2.79. The third-order valence-corrected chi connectivity index (χ3v) is 8.63. The minimum absolute atomic E-state index is 0.0623. The Hall–Kier alpha value is -1.62. The minimum atomic E-state index is -1.12. The predicted octanol–water partition coefficient (Wildman–Crippen LogP) is 7.02. The lowest BCUT2D eigenvalue weighted by molar-refractivity contribution is -0.134. The van der Waals surface area contributed by atoms with Crippen LogP contribution in [0.15, 0.2) is 23.3 Å². The summed E-state index contributed by atoms with van der Waals surface area (Å²) >= 11 is 0. The summed E-state index contributed by atoms with van der Waals surface area (Å²) in [6, 6.07) is 0. The lowest BCUT2D eigenvalue weighted by atomic mass is 9.44. The van der Waals surface area contributed by atoms with Gasteiger partial charge in [0.1, 0.15) is 0 Å². The number of hydrogen-bond acceptors (Lipinski definition) is 3. The summed E-state index contributed by atoms with van der Waals surface area (Å²) in [5.74, 6) is -2.05. The Morgan fingerprint density at radius 2 is 1.12 bits per heavy atom. The van der Waals surface area contributed by atoms with Crippen molar-refractivity contribution in [2.75, 3.05) is 13.2 Å². The molecule has 2 saturated carbocycles. The average Bonchev–Trinajstić information content (AvgIpc) is 2.72. The fourth-order valence-electron chi connectivity index (χ4n) is 6.68. The van der Waals surface area contributed by atoms with Gasteiger partial charge in [0, 0.05) is 0 Å². The second kappa shape index (κ2) is 10.3. The second-order valence-corrected chi connectivity index (χ2v) is 12.3. The third kappa shape index (κ3) is 5.55. The molecule has 0 bridgehead atoms. The molecule has 0 atom stereocenters. The van der Waals surface area contributed by atoms with Crippen LogP contribution in [0.3, 0.4) is 0 Å². The van der Waals surface area contributed by atoms with Crippen LogP contribution in [0.25, 0.3) is 0 Å². The number of aliphatic carboxylic acids is 2. The van der Waals surface area contributed by atoms with Gasteiger partial charge in [-0.25, -0.2) is 9.59 Å². The van der Waals surface area contributed by atoms with Crippen molar-refractivity contribution in [2.45, 2.75) is 106 Å². The van der Waals surface area contributed by atoms with Gasteiger partial charge in [0.25, 0.3) is 0 Å². The normalized spacial score (nSPS) is 20.7. The Kier molecular flexibility index (Phi) is 8.65. The Morgan fingerprint density at radius 3 is 1.42 bits per heavy atom. The highest BCUT2D eigenvalue weighted by atomic mass is 16.5. The van der Waals surface area contributed by atoms with Gasteiger partial charge in [-0.1, -0.05) is 86.6 Å². The molecule has 2 aliphatic rings. The molecule has 5 heteroatoms. The largest absolute Gasteiger partial charge is 0.478 e. The molecule has 2 fully saturated rings. The zero-order valence-electron chi connectivity index (χ0n) is 21.8. The van der Waals surface area contributed by atoms with E-state index in [1.165, 1.54) is 12.8 Å². The highest BCUT2D eigenvalue weighted by molar-refractivity contribution is 5.89. The summed E-state index contributed by atoms with van der Waals surface area (Å²) in [5.41, 5.74) is 0.721. The molecule has 0 spiro atoms. The predicted molar refractivity (Wildman–Crippen MR) is 132 cm³/mol. The maximum absolute atomic E-state index is 12.9. The molecule has 0 unspecified atom stereocenters. The first kappa shape index (κ1) is 27.6. The Morgan fingerprint density at radius 1 is 0.727 bits per heavy atom. The molecule has 0 heterocycles. The van der Waals surface area contributed by atoms with E-state index in [0.29, 0.717) is 5.57 Å². The first-order chi connectivity index (χ1) is 15.2. The molecule has 0 amide bonds. The van der Waals surface area contributed by atoms with E-state index in [9.17, 15) is 14.7 Å². The molecule has 0 aromatic heterocycles. The number of ether oxygens (including phenoxy) is 1. The monoisotopic (exact) mass is 462 g/mol. The molecular weight excluding hydrogens is 416 g/mol. The molecular formula is C28H46O5. The number of carboxylic acids is 2. The third-order valence-electron chi connectivity index (χ3n) is 8.63. The van der Waals surface area contributed by atoms with Crippen molar-refractivity contribution in [3.63, 3.8) is 0 Å². The Bertz CT molecular complexity index is 725. The van der Waals surface area contributed by atoms with E-state index in [1.807, 2.05) is 0 Å². The van der Waals surface area contributed by atoms with E-state index in [-0.39, 0.29) is 40.4 Å².